The minimum absolute atomic E-state index is 0.139. The van der Waals surface area contributed by atoms with E-state index in [0.29, 0.717) is 22.5 Å². The molecular weight excluding hydrogens is 273 g/mol. The fraction of sp³-hybridized carbons (Fsp3) is 0.0667. The topological polar surface area (TPSA) is 74.2 Å². The van der Waals surface area contributed by atoms with Crippen molar-refractivity contribution in [1.82, 2.24) is 10.1 Å². The van der Waals surface area contributed by atoms with E-state index in [9.17, 15) is 4.39 Å². The van der Waals surface area contributed by atoms with Gasteiger partial charge in [-0.15, -0.1) is 0 Å². The molecule has 0 spiro atoms. The Kier molecular flexibility index (Phi) is 3.27. The molecular formula is C15H12FN3O2. The van der Waals surface area contributed by atoms with Crippen LogP contribution in [0.3, 0.4) is 0 Å². The fourth-order valence-corrected chi connectivity index (χ4v) is 2.07. The highest BCUT2D eigenvalue weighted by molar-refractivity contribution is 5.85. The minimum Gasteiger partial charge on any atom is -0.494 e. The molecule has 0 aliphatic rings. The van der Waals surface area contributed by atoms with E-state index in [1.807, 2.05) is 6.07 Å². The van der Waals surface area contributed by atoms with Crippen molar-refractivity contribution >= 4 is 5.88 Å². The highest BCUT2D eigenvalue weighted by Crippen LogP contribution is 2.36. The molecule has 106 valence electrons. The van der Waals surface area contributed by atoms with Crippen molar-refractivity contribution in [3.05, 3.63) is 48.4 Å². The van der Waals surface area contributed by atoms with Crippen LogP contribution < -0.4 is 10.5 Å². The number of benzene rings is 1. The number of rotatable bonds is 3. The third kappa shape index (κ3) is 2.31. The number of pyridine rings is 1. The number of methoxy groups -OCH3 is 1. The quantitative estimate of drug-likeness (QED) is 0.800. The maximum absolute atomic E-state index is 13.8. The van der Waals surface area contributed by atoms with E-state index in [1.54, 1.807) is 24.4 Å². The normalized spacial score (nSPS) is 10.6. The summed E-state index contributed by atoms with van der Waals surface area (Å²) in [6.07, 6.45) is 1.64. The van der Waals surface area contributed by atoms with E-state index >= 15 is 0 Å². The van der Waals surface area contributed by atoms with Gasteiger partial charge in [0.1, 0.15) is 5.69 Å². The Hall–Kier alpha value is -2.89. The molecule has 2 N–H and O–H groups in total. The molecule has 5 nitrogen and oxygen atoms in total. The highest BCUT2D eigenvalue weighted by atomic mass is 19.1. The molecule has 2 aromatic heterocycles. The number of hydrogen-bond acceptors (Lipinski definition) is 5. The number of halogens is 1. The van der Waals surface area contributed by atoms with Crippen LogP contribution in [0.2, 0.25) is 0 Å². The van der Waals surface area contributed by atoms with Gasteiger partial charge >= 0.3 is 0 Å². The molecule has 0 saturated carbocycles. The summed E-state index contributed by atoms with van der Waals surface area (Å²) < 4.78 is 23.8. The Morgan fingerprint density at radius 2 is 2.10 bits per heavy atom. The van der Waals surface area contributed by atoms with Gasteiger partial charge in [0.2, 0.25) is 5.88 Å². The molecule has 6 heteroatoms. The lowest BCUT2D eigenvalue weighted by molar-refractivity contribution is 0.386. The number of nitrogens with two attached hydrogens (primary N) is 1. The predicted octanol–water partition coefficient (Wildman–Crippen LogP) is 3.13. The van der Waals surface area contributed by atoms with Crippen LogP contribution in [-0.2, 0) is 0 Å². The van der Waals surface area contributed by atoms with Gasteiger partial charge in [-0.1, -0.05) is 11.2 Å². The zero-order chi connectivity index (χ0) is 14.8. The minimum atomic E-state index is -0.483. The molecule has 2 heterocycles. The summed E-state index contributed by atoms with van der Waals surface area (Å²) in [4.78, 5) is 4.23. The number of hydrogen-bond donors (Lipinski definition) is 1. The average Bonchev–Trinajstić information content (AvgIpc) is 2.90. The molecule has 3 aromatic rings. The van der Waals surface area contributed by atoms with E-state index in [2.05, 4.69) is 10.1 Å². The second kappa shape index (κ2) is 5.24. The van der Waals surface area contributed by atoms with Crippen molar-refractivity contribution in [3.8, 4) is 28.3 Å². The number of ether oxygens (including phenoxy) is 1. The SMILES string of the molecule is COc1ccc(-c2noc(N)c2-c2ccccn2)cc1F. The first-order chi connectivity index (χ1) is 10.2. The van der Waals surface area contributed by atoms with Gasteiger partial charge in [-0.3, -0.25) is 4.98 Å². The third-order valence-corrected chi connectivity index (χ3v) is 3.06. The summed E-state index contributed by atoms with van der Waals surface area (Å²) in [5, 5.41) is 3.91. The van der Waals surface area contributed by atoms with Gasteiger partial charge in [0.15, 0.2) is 11.6 Å². The first-order valence-electron chi connectivity index (χ1n) is 6.21. The van der Waals surface area contributed by atoms with Crippen molar-refractivity contribution in [3.63, 3.8) is 0 Å². The van der Waals surface area contributed by atoms with Crippen LogP contribution in [0.4, 0.5) is 10.3 Å². The van der Waals surface area contributed by atoms with Crippen LogP contribution in [0.15, 0.2) is 47.1 Å². The zero-order valence-corrected chi connectivity index (χ0v) is 11.2. The fourth-order valence-electron chi connectivity index (χ4n) is 2.07. The first-order valence-corrected chi connectivity index (χ1v) is 6.21. The van der Waals surface area contributed by atoms with Crippen molar-refractivity contribution in [2.75, 3.05) is 12.8 Å². The molecule has 0 atom stereocenters. The van der Waals surface area contributed by atoms with Crippen molar-refractivity contribution in [1.29, 1.82) is 0 Å². The van der Waals surface area contributed by atoms with Gasteiger partial charge in [-0.2, -0.15) is 0 Å². The van der Waals surface area contributed by atoms with Crippen molar-refractivity contribution in [2.45, 2.75) is 0 Å². The van der Waals surface area contributed by atoms with Gasteiger partial charge in [0, 0.05) is 11.8 Å². The van der Waals surface area contributed by atoms with Gasteiger partial charge in [-0.25, -0.2) is 4.39 Å². The molecule has 1 aromatic carbocycles. The van der Waals surface area contributed by atoms with Gasteiger partial charge in [0.25, 0.3) is 0 Å². The maximum Gasteiger partial charge on any atom is 0.232 e. The summed E-state index contributed by atoms with van der Waals surface area (Å²) >= 11 is 0. The maximum atomic E-state index is 13.8. The Balaban J connectivity index is 2.14. The second-order valence-corrected chi connectivity index (χ2v) is 4.33. The summed E-state index contributed by atoms with van der Waals surface area (Å²) in [6.45, 7) is 0. The van der Waals surface area contributed by atoms with Crippen LogP contribution >= 0.6 is 0 Å². The summed E-state index contributed by atoms with van der Waals surface area (Å²) in [7, 11) is 1.41. The number of aromatic nitrogens is 2. The van der Waals surface area contributed by atoms with Gasteiger partial charge < -0.3 is 15.0 Å². The Morgan fingerprint density at radius 1 is 1.24 bits per heavy atom. The van der Waals surface area contributed by atoms with E-state index in [0.717, 1.165) is 0 Å². The van der Waals surface area contributed by atoms with Gasteiger partial charge in [-0.05, 0) is 30.3 Å². The summed E-state index contributed by atoms with van der Waals surface area (Å²) in [6, 6.07) is 9.94. The van der Waals surface area contributed by atoms with Crippen LogP contribution in [-0.4, -0.2) is 17.3 Å². The van der Waals surface area contributed by atoms with Crippen molar-refractivity contribution < 1.29 is 13.7 Å². The smallest absolute Gasteiger partial charge is 0.232 e. The van der Waals surface area contributed by atoms with E-state index in [4.69, 9.17) is 15.0 Å². The molecule has 0 bridgehead atoms. The largest absolute Gasteiger partial charge is 0.494 e. The van der Waals surface area contributed by atoms with Crippen molar-refractivity contribution in [2.24, 2.45) is 0 Å². The molecule has 0 radical (unpaired) electrons. The molecule has 21 heavy (non-hydrogen) atoms. The van der Waals surface area contributed by atoms with Crippen LogP contribution in [0.25, 0.3) is 22.5 Å². The van der Waals surface area contributed by atoms with Gasteiger partial charge in [0.05, 0.1) is 18.4 Å². The average molecular weight is 285 g/mol. The number of nitrogen functional groups attached to an aromatic ring is 1. The third-order valence-electron chi connectivity index (χ3n) is 3.06. The summed E-state index contributed by atoms with van der Waals surface area (Å²) in [5.74, 6) is -0.182. The predicted molar refractivity (Wildman–Crippen MR) is 76.1 cm³/mol. The monoisotopic (exact) mass is 285 g/mol. The molecule has 0 saturated heterocycles. The lowest BCUT2D eigenvalue weighted by Gasteiger charge is -2.05. The molecule has 3 rings (SSSR count). The zero-order valence-electron chi connectivity index (χ0n) is 11.2. The van der Waals surface area contributed by atoms with Crippen LogP contribution in [0.1, 0.15) is 0 Å². The molecule has 0 fully saturated rings. The second-order valence-electron chi connectivity index (χ2n) is 4.33. The molecule has 0 unspecified atom stereocenters. The van der Waals surface area contributed by atoms with E-state index in [-0.39, 0.29) is 11.6 Å². The molecule has 0 aliphatic carbocycles. The number of nitrogens with zero attached hydrogens (tertiary/aromatic N) is 2. The summed E-state index contributed by atoms with van der Waals surface area (Å²) in [5.41, 5.74) is 7.95. The van der Waals surface area contributed by atoms with Crippen LogP contribution in [0.5, 0.6) is 5.75 Å². The Bertz CT molecular complexity index is 772. The molecule has 0 amide bonds. The standard InChI is InChI=1S/C15H12FN3O2/c1-20-12-6-5-9(8-10(12)16)14-13(15(17)21-19-14)11-4-2-3-7-18-11/h2-8H,17H2,1H3. The number of anilines is 1. The Labute approximate surface area is 120 Å². The molecule has 0 aliphatic heterocycles. The first kappa shape index (κ1) is 13.1. The lowest BCUT2D eigenvalue weighted by Crippen LogP contribution is -1.92. The highest BCUT2D eigenvalue weighted by Gasteiger charge is 2.19. The Morgan fingerprint density at radius 3 is 2.76 bits per heavy atom. The van der Waals surface area contributed by atoms with Crippen LogP contribution in [0, 0.1) is 5.82 Å². The van der Waals surface area contributed by atoms with E-state index < -0.39 is 5.82 Å². The van der Waals surface area contributed by atoms with E-state index in [1.165, 1.54) is 19.2 Å². The lowest BCUT2D eigenvalue weighted by atomic mass is 10.0.